The van der Waals surface area contributed by atoms with Gasteiger partial charge in [0.05, 0.1) is 18.0 Å². The molecular weight excluding hydrogens is 426 g/mol. The maximum absolute atomic E-state index is 13.8. The first-order chi connectivity index (χ1) is 16.6. The number of carbonyl (C=O) groups excluding carboxylic acids is 1. The van der Waals surface area contributed by atoms with Gasteiger partial charge in [-0.15, -0.1) is 0 Å². The summed E-state index contributed by atoms with van der Waals surface area (Å²) in [5, 5.41) is 1.19. The number of piperidine rings is 2. The minimum absolute atomic E-state index is 0.0845. The Bertz CT molecular complexity index is 1090. The number of nitrogens with zero attached hydrogens (tertiary/aromatic N) is 3. The highest BCUT2D eigenvalue weighted by Crippen LogP contribution is 2.28. The lowest BCUT2D eigenvalue weighted by Crippen LogP contribution is -2.41. The standard InChI is InChI=1S/C28H39N3O3/c1-2-34-28(33)23-10-7-13-30(19-23)20-25-17-24-16-21-8-6-9-22(21)18-26(24)31(27(25)32)15-14-29-11-4-3-5-12-29/h16-18,23H,2-15,19-20H2,1H3/t23-/m1/s1. The second kappa shape index (κ2) is 10.6. The zero-order valence-electron chi connectivity index (χ0n) is 20.7. The Morgan fingerprint density at radius 2 is 1.71 bits per heavy atom. The van der Waals surface area contributed by atoms with Crippen LogP contribution < -0.4 is 5.56 Å². The summed E-state index contributed by atoms with van der Waals surface area (Å²) < 4.78 is 7.32. The van der Waals surface area contributed by atoms with Gasteiger partial charge in [0, 0.05) is 31.7 Å². The van der Waals surface area contributed by atoms with Crippen LogP contribution in [0.3, 0.4) is 0 Å². The van der Waals surface area contributed by atoms with E-state index in [1.807, 2.05) is 11.5 Å². The van der Waals surface area contributed by atoms with Crippen molar-refractivity contribution in [3.05, 3.63) is 45.2 Å². The van der Waals surface area contributed by atoms with Crippen LogP contribution in [-0.2, 0) is 35.5 Å². The minimum atomic E-state index is -0.0970. The van der Waals surface area contributed by atoms with Crippen molar-refractivity contribution in [1.29, 1.82) is 0 Å². The van der Waals surface area contributed by atoms with Gasteiger partial charge in [0.2, 0.25) is 0 Å². The molecule has 0 bridgehead atoms. The third-order valence-corrected chi connectivity index (χ3v) is 7.99. The summed E-state index contributed by atoms with van der Waals surface area (Å²) in [5.74, 6) is -0.182. The van der Waals surface area contributed by atoms with Crippen LogP contribution >= 0.6 is 0 Å². The summed E-state index contributed by atoms with van der Waals surface area (Å²) in [4.78, 5) is 30.9. The number of aromatic nitrogens is 1. The fourth-order valence-electron chi connectivity index (χ4n) is 6.16. The minimum Gasteiger partial charge on any atom is -0.466 e. The molecule has 34 heavy (non-hydrogen) atoms. The number of pyridine rings is 1. The molecule has 2 saturated heterocycles. The average molecular weight is 466 g/mol. The molecule has 0 radical (unpaired) electrons. The smallest absolute Gasteiger partial charge is 0.310 e. The monoisotopic (exact) mass is 465 g/mol. The average Bonchev–Trinajstić information content (AvgIpc) is 3.31. The predicted octanol–water partition coefficient (Wildman–Crippen LogP) is 3.75. The van der Waals surface area contributed by atoms with Crippen molar-refractivity contribution in [2.45, 2.75) is 71.4 Å². The van der Waals surface area contributed by atoms with E-state index in [2.05, 4.69) is 28.0 Å². The SMILES string of the molecule is CCOC(=O)[C@@H]1CCCN(Cc2cc3cc4c(cc3n(CCN3CCCCC3)c2=O)CCC4)C1. The second-order valence-electron chi connectivity index (χ2n) is 10.4. The van der Waals surface area contributed by atoms with E-state index in [-0.39, 0.29) is 17.4 Å². The molecule has 1 aromatic carbocycles. The van der Waals surface area contributed by atoms with Crippen LogP contribution in [0.2, 0.25) is 0 Å². The number of likely N-dealkylation sites (tertiary alicyclic amines) is 2. The van der Waals surface area contributed by atoms with Gasteiger partial charge in [-0.2, -0.15) is 0 Å². The van der Waals surface area contributed by atoms with Crippen LogP contribution in [0.4, 0.5) is 0 Å². The fourth-order valence-corrected chi connectivity index (χ4v) is 6.16. The summed E-state index contributed by atoms with van der Waals surface area (Å²) in [6.07, 6.45) is 9.16. The maximum atomic E-state index is 13.8. The van der Waals surface area contributed by atoms with Crippen molar-refractivity contribution >= 4 is 16.9 Å². The van der Waals surface area contributed by atoms with Crippen molar-refractivity contribution in [2.75, 3.05) is 39.3 Å². The summed E-state index contributed by atoms with van der Waals surface area (Å²) in [5.41, 5.74) is 4.95. The highest BCUT2D eigenvalue weighted by Gasteiger charge is 2.27. The Morgan fingerprint density at radius 1 is 0.941 bits per heavy atom. The van der Waals surface area contributed by atoms with Crippen LogP contribution in [0, 0.1) is 5.92 Å². The van der Waals surface area contributed by atoms with Crippen LogP contribution in [0.1, 0.15) is 62.1 Å². The highest BCUT2D eigenvalue weighted by molar-refractivity contribution is 5.82. The van der Waals surface area contributed by atoms with Crippen molar-refractivity contribution in [1.82, 2.24) is 14.4 Å². The number of carbonyl (C=O) groups is 1. The van der Waals surface area contributed by atoms with E-state index in [0.29, 0.717) is 19.7 Å². The number of esters is 1. The van der Waals surface area contributed by atoms with Gasteiger partial charge in [0.1, 0.15) is 0 Å². The van der Waals surface area contributed by atoms with E-state index < -0.39 is 0 Å². The van der Waals surface area contributed by atoms with E-state index in [1.165, 1.54) is 42.2 Å². The van der Waals surface area contributed by atoms with Gasteiger partial charge in [-0.1, -0.05) is 6.42 Å². The van der Waals surface area contributed by atoms with Gasteiger partial charge in [0.25, 0.3) is 5.56 Å². The summed E-state index contributed by atoms with van der Waals surface area (Å²) >= 11 is 0. The van der Waals surface area contributed by atoms with E-state index in [0.717, 1.165) is 69.5 Å². The molecule has 184 valence electrons. The molecule has 1 atom stereocenters. The molecular formula is C28H39N3O3. The molecule has 3 aliphatic rings. The number of fused-ring (bicyclic) bond motifs is 2. The number of hydrogen-bond donors (Lipinski definition) is 0. The zero-order valence-corrected chi connectivity index (χ0v) is 20.7. The molecule has 6 heteroatoms. The largest absolute Gasteiger partial charge is 0.466 e. The predicted molar refractivity (Wildman–Crippen MR) is 135 cm³/mol. The van der Waals surface area contributed by atoms with Gasteiger partial charge in [-0.25, -0.2) is 0 Å². The Labute approximate surface area is 202 Å². The van der Waals surface area contributed by atoms with E-state index in [4.69, 9.17) is 4.74 Å². The lowest BCUT2D eigenvalue weighted by molar-refractivity contribution is -0.150. The van der Waals surface area contributed by atoms with Crippen LogP contribution in [0.5, 0.6) is 0 Å². The number of hydrogen-bond acceptors (Lipinski definition) is 5. The molecule has 5 rings (SSSR count). The van der Waals surface area contributed by atoms with Crippen LogP contribution in [0.15, 0.2) is 23.0 Å². The number of benzene rings is 1. The van der Waals surface area contributed by atoms with E-state index >= 15 is 0 Å². The molecule has 0 N–H and O–H groups in total. The first kappa shape index (κ1) is 23.6. The molecule has 1 aromatic heterocycles. The summed E-state index contributed by atoms with van der Waals surface area (Å²) in [7, 11) is 0. The Morgan fingerprint density at radius 3 is 2.50 bits per heavy atom. The molecule has 0 amide bonds. The van der Waals surface area contributed by atoms with Gasteiger partial charge >= 0.3 is 5.97 Å². The molecule has 2 aromatic rings. The molecule has 3 heterocycles. The molecule has 0 saturated carbocycles. The fraction of sp³-hybridized carbons (Fsp3) is 0.643. The topological polar surface area (TPSA) is 54.8 Å². The summed E-state index contributed by atoms with van der Waals surface area (Å²) in [6.45, 7) is 8.45. The van der Waals surface area contributed by atoms with Crippen molar-refractivity contribution in [2.24, 2.45) is 5.92 Å². The first-order valence-electron chi connectivity index (χ1n) is 13.4. The normalized spacial score (nSPS) is 21.6. The van der Waals surface area contributed by atoms with E-state index in [1.54, 1.807) is 0 Å². The Hall–Kier alpha value is -2.18. The number of ether oxygens (including phenoxy) is 1. The molecule has 2 fully saturated rings. The molecule has 1 aliphatic carbocycles. The third kappa shape index (κ3) is 5.08. The zero-order chi connectivity index (χ0) is 23.5. The lowest BCUT2D eigenvalue weighted by Gasteiger charge is -2.31. The molecule has 6 nitrogen and oxygen atoms in total. The van der Waals surface area contributed by atoms with Crippen molar-refractivity contribution in [3.63, 3.8) is 0 Å². The summed E-state index contributed by atoms with van der Waals surface area (Å²) in [6, 6.07) is 6.74. The lowest BCUT2D eigenvalue weighted by atomic mass is 9.97. The van der Waals surface area contributed by atoms with Gasteiger partial charge in [0.15, 0.2) is 0 Å². The highest BCUT2D eigenvalue weighted by atomic mass is 16.5. The second-order valence-corrected chi connectivity index (χ2v) is 10.4. The first-order valence-corrected chi connectivity index (χ1v) is 13.4. The third-order valence-electron chi connectivity index (χ3n) is 7.99. The van der Waals surface area contributed by atoms with Gasteiger partial charge in [-0.3, -0.25) is 14.5 Å². The quantitative estimate of drug-likeness (QED) is 0.583. The Balaban J connectivity index is 1.43. The maximum Gasteiger partial charge on any atom is 0.310 e. The van der Waals surface area contributed by atoms with Gasteiger partial charge in [-0.05, 0) is 106 Å². The number of aryl methyl sites for hydroxylation is 2. The van der Waals surface area contributed by atoms with Crippen LogP contribution in [-0.4, -0.2) is 59.7 Å². The molecule has 2 aliphatic heterocycles. The van der Waals surface area contributed by atoms with E-state index in [9.17, 15) is 9.59 Å². The molecule has 0 unspecified atom stereocenters. The van der Waals surface area contributed by atoms with Crippen molar-refractivity contribution in [3.8, 4) is 0 Å². The number of rotatable bonds is 7. The Kier molecular flexibility index (Phi) is 7.35. The van der Waals surface area contributed by atoms with Crippen molar-refractivity contribution < 1.29 is 9.53 Å². The van der Waals surface area contributed by atoms with Gasteiger partial charge < -0.3 is 14.2 Å². The molecule has 0 spiro atoms. The van der Waals surface area contributed by atoms with Crippen LogP contribution in [0.25, 0.3) is 10.9 Å².